The molecule has 5 heteroatoms. The van der Waals surface area contributed by atoms with Gasteiger partial charge in [-0.05, 0) is 0 Å². The van der Waals surface area contributed by atoms with Gasteiger partial charge in [-0.2, -0.15) is 5.10 Å². The van der Waals surface area contributed by atoms with Crippen LogP contribution in [0.1, 0.15) is 0 Å². The zero-order chi connectivity index (χ0) is 8.55. The van der Waals surface area contributed by atoms with Gasteiger partial charge in [-0.1, -0.05) is 0 Å². The Morgan fingerprint density at radius 3 is 3.42 bits per heavy atom. The maximum Gasteiger partial charge on any atom is 0.236 e. The number of rotatable bonds is 2. The SMILES string of the molecule is COCC1Cn2ncc(N)c2O1. The van der Waals surface area contributed by atoms with Gasteiger partial charge in [0.25, 0.3) is 0 Å². The van der Waals surface area contributed by atoms with Crippen molar-refractivity contribution in [2.75, 3.05) is 19.5 Å². The predicted octanol–water partition coefficient (Wildman–Crippen LogP) is -0.127. The van der Waals surface area contributed by atoms with Gasteiger partial charge in [-0.25, -0.2) is 4.68 Å². The molecule has 1 aromatic heterocycles. The van der Waals surface area contributed by atoms with E-state index in [2.05, 4.69) is 5.10 Å². The predicted molar refractivity (Wildman–Crippen MR) is 42.9 cm³/mol. The van der Waals surface area contributed by atoms with E-state index in [1.165, 1.54) is 0 Å². The van der Waals surface area contributed by atoms with E-state index in [1.54, 1.807) is 18.0 Å². The van der Waals surface area contributed by atoms with E-state index in [4.69, 9.17) is 15.2 Å². The molecule has 0 aromatic carbocycles. The summed E-state index contributed by atoms with van der Waals surface area (Å²) in [6.07, 6.45) is 1.65. The Balaban J connectivity index is 2.12. The second-order valence-electron chi connectivity index (χ2n) is 2.78. The van der Waals surface area contributed by atoms with Gasteiger partial charge in [0.2, 0.25) is 5.88 Å². The molecule has 1 aliphatic rings. The van der Waals surface area contributed by atoms with Crippen molar-refractivity contribution in [1.29, 1.82) is 0 Å². The molecule has 5 nitrogen and oxygen atoms in total. The lowest BCUT2D eigenvalue weighted by Crippen LogP contribution is -2.20. The molecule has 2 N–H and O–H groups in total. The lowest BCUT2D eigenvalue weighted by molar-refractivity contribution is 0.0938. The molecule has 1 aliphatic heterocycles. The van der Waals surface area contributed by atoms with E-state index in [0.29, 0.717) is 18.2 Å². The molecule has 2 rings (SSSR count). The Bertz CT molecular complexity index is 284. The Hall–Kier alpha value is -1.23. The average Bonchev–Trinajstić information content (AvgIpc) is 2.55. The second-order valence-corrected chi connectivity index (χ2v) is 2.78. The van der Waals surface area contributed by atoms with Crippen molar-refractivity contribution in [3.05, 3.63) is 6.20 Å². The minimum absolute atomic E-state index is 0.0565. The summed E-state index contributed by atoms with van der Waals surface area (Å²) in [5.74, 6) is 0.664. The van der Waals surface area contributed by atoms with Gasteiger partial charge >= 0.3 is 0 Å². The Morgan fingerprint density at radius 2 is 2.75 bits per heavy atom. The summed E-state index contributed by atoms with van der Waals surface area (Å²) in [4.78, 5) is 0. The van der Waals surface area contributed by atoms with Crippen LogP contribution in [-0.2, 0) is 11.3 Å². The number of ether oxygens (including phenoxy) is 2. The van der Waals surface area contributed by atoms with Crippen LogP contribution in [0.4, 0.5) is 5.69 Å². The fourth-order valence-corrected chi connectivity index (χ4v) is 1.31. The molecule has 66 valence electrons. The smallest absolute Gasteiger partial charge is 0.236 e. The topological polar surface area (TPSA) is 62.3 Å². The van der Waals surface area contributed by atoms with Crippen LogP contribution in [0.2, 0.25) is 0 Å². The number of nitrogens with zero attached hydrogens (tertiary/aromatic N) is 2. The highest BCUT2D eigenvalue weighted by atomic mass is 16.5. The molecule has 0 bridgehead atoms. The first-order chi connectivity index (χ1) is 5.81. The lowest BCUT2D eigenvalue weighted by Gasteiger charge is -2.06. The van der Waals surface area contributed by atoms with Crippen molar-refractivity contribution >= 4 is 5.69 Å². The molecule has 0 saturated carbocycles. The van der Waals surface area contributed by atoms with Crippen LogP contribution < -0.4 is 10.5 Å². The van der Waals surface area contributed by atoms with Crippen molar-refractivity contribution in [2.24, 2.45) is 0 Å². The van der Waals surface area contributed by atoms with E-state index in [9.17, 15) is 0 Å². The molecule has 1 unspecified atom stereocenters. The highest BCUT2D eigenvalue weighted by Crippen LogP contribution is 2.27. The van der Waals surface area contributed by atoms with Crippen LogP contribution in [0.3, 0.4) is 0 Å². The minimum Gasteiger partial charge on any atom is -0.469 e. The first-order valence-corrected chi connectivity index (χ1v) is 3.78. The summed E-state index contributed by atoms with van der Waals surface area (Å²) in [6, 6.07) is 0. The number of nitrogen functional groups attached to an aromatic ring is 1. The molecule has 2 heterocycles. The quantitative estimate of drug-likeness (QED) is 0.670. The standard InChI is InChI=1S/C7H11N3O2/c1-11-4-5-3-10-7(12-5)6(8)2-9-10/h2,5H,3-4,8H2,1H3. The summed E-state index contributed by atoms with van der Waals surface area (Å²) in [7, 11) is 1.65. The van der Waals surface area contributed by atoms with Crippen LogP contribution >= 0.6 is 0 Å². The summed E-state index contributed by atoms with van der Waals surface area (Å²) in [6.45, 7) is 1.29. The largest absolute Gasteiger partial charge is 0.469 e. The van der Waals surface area contributed by atoms with E-state index >= 15 is 0 Å². The zero-order valence-corrected chi connectivity index (χ0v) is 6.86. The van der Waals surface area contributed by atoms with Crippen LogP contribution in [0.5, 0.6) is 5.88 Å². The van der Waals surface area contributed by atoms with Gasteiger partial charge in [0.15, 0.2) is 0 Å². The Morgan fingerprint density at radius 1 is 1.92 bits per heavy atom. The van der Waals surface area contributed by atoms with E-state index in [0.717, 1.165) is 6.54 Å². The molecule has 0 saturated heterocycles. The van der Waals surface area contributed by atoms with Crippen molar-refractivity contribution < 1.29 is 9.47 Å². The zero-order valence-electron chi connectivity index (χ0n) is 6.86. The molecule has 0 amide bonds. The number of fused-ring (bicyclic) bond motifs is 1. The van der Waals surface area contributed by atoms with Crippen molar-refractivity contribution in [3.8, 4) is 5.88 Å². The maximum absolute atomic E-state index is 5.60. The van der Waals surface area contributed by atoms with Gasteiger partial charge in [0.05, 0.1) is 19.3 Å². The Labute approximate surface area is 70.1 Å². The second kappa shape index (κ2) is 2.67. The van der Waals surface area contributed by atoms with Gasteiger partial charge in [-0.15, -0.1) is 0 Å². The third kappa shape index (κ3) is 1.02. The van der Waals surface area contributed by atoms with E-state index < -0.39 is 0 Å². The maximum atomic E-state index is 5.60. The number of aromatic nitrogens is 2. The third-order valence-electron chi connectivity index (χ3n) is 1.83. The molecule has 0 radical (unpaired) electrons. The molecular formula is C7H11N3O2. The first-order valence-electron chi connectivity index (χ1n) is 3.78. The van der Waals surface area contributed by atoms with E-state index in [1.807, 2.05) is 0 Å². The lowest BCUT2D eigenvalue weighted by atomic mass is 10.4. The highest BCUT2D eigenvalue weighted by molar-refractivity contribution is 5.47. The molecule has 1 atom stereocenters. The molecule has 0 fully saturated rings. The van der Waals surface area contributed by atoms with Crippen molar-refractivity contribution in [1.82, 2.24) is 9.78 Å². The minimum atomic E-state index is 0.0565. The number of nitrogens with two attached hydrogens (primary N) is 1. The van der Waals surface area contributed by atoms with Gasteiger partial charge in [0.1, 0.15) is 11.8 Å². The summed E-state index contributed by atoms with van der Waals surface area (Å²) in [5.41, 5.74) is 6.19. The fourth-order valence-electron chi connectivity index (χ4n) is 1.31. The molecule has 1 aromatic rings. The number of methoxy groups -OCH3 is 1. The Kier molecular flexibility index (Phi) is 1.65. The third-order valence-corrected chi connectivity index (χ3v) is 1.83. The molecule has 12 heavy (non-hydrogen) atoms. The van der Waals surface area contributed by atoms with Crippen LogP contribution in [-0.4, -0.2) is 29.6 Å². The average molecular weight is 169 g/mol. The van der Waals surface area contributed by atoms with Gasteiger partial charge in [-0.3, -0.25) is 0 Å². The fraction of sp³-hybridized carbons (Fsp3) is 0.571. The summed E-state index contributed by atoms with van der Waals surface area (Å²) < 4.78 is 12.2. The van der Waals surface area contributed by atoms with Gasteiger partial charge < -0.3 is 15.2 Å². The number of anilines is 1. The summed E-state index contributed by atoms with van der Waals surface area (Å²) >= 11 is 0. The molecular weight excluding hydrogens is 158 g/mol. The normalized spacial score (nSPS) is 20.6. The van der Waals surface area contributed by atoms with Crippen LogP contribution in [0.15, 0.2) is 6.20 Å². The highest BCUT2D eigenvalue weighted by Gasteiger charge is 2.25. The monoisotopic (exact) mass is 169 g/mol. The van der Waals surface area contributed by atoms with Crippen molar-refractivity contribution in [3.63, 3.8) is 0 Å². The summed E-state index contributed by atoms with van der Waals surface area (Å²) in [5, 5.41) is 4.04. The van der Waals surface area contributed by atoms with Crippen LogP contribution in [0, 0.1) is 0 Å². The van der Waals surface area contributed by atoms with Gasteiger partial charge in [0, 0.05) is 7.11 Å². The molecule has 0 aliphatic carbocycles. The van der Waals surface area contributed by atoms with E-state index in [-0.39, 0.29) is 6.10 Å². The molecule has 0 spiro atoms. The number of hydrogen-bond donors (Lipinski definition) is 1. The van der Waals surface area contributed by atoms with Crippen LogP contribution in [0.25, 0.3) is 0 Å². The first kappa shape index (κ1) is 7.42. The number of hydrogen-bond acceptors (Lipinski definition) is 4. The van der Waals surface area contributed by atoms with Crippen molar-refractivity contribution in [2.45, 2.75) is 12.6 Å².